The van der Waals surface area contributed by atoms with E-state index in [1.807, 2.05) is 0 Å². The topological polar surface area (TPSA) is 89.4 Å². The molecule has 1 saturated heterocycles. The number of piperidine rings is 1. The van der Waals surface area contributed by atoms with Crippen molar-refractivity contribution in [2.24, 2.45) is 28.7 Å². The van der Waals surface area contributed by atoms with Gasteiger partial charge in [-0.25, -0.2) is 0 Å². The molecule has 1 aliphatic heterocycles. The summed E-state index contributed by atoms with van der Waals surface area (Å²) in [7, 11) is 0. The highest BCUT2D eigenvalue weighted by Crippen LogP contribution is 2.55. The maximum Gasteiger partial charge on any atom is 0.223 e. The fourth-order valence-corrected chi connectivity index (χ4v) is 3.15. The highest BCUT2D eigenvalue weighted by molar-refractivity contribution is 5.84. The minimum Gasteiger partial charge on any atom is -0.369 e. The Morgan fingerprint density at radius 3 is 2.22 bits per heavy atom. The summed E-state index contributed by atoms with van der Waals surface area (Å²) in [6.07, 6.45) is 2.44. The SMILES string of the molecule is CC(C)N1CC(C(N)=O)CC(C2(C(N)=O)CC2)C1. The van der Waals surface area contributed by atoms with Gasteiger partial charge < -0.3 is 11.5 Å². The van der Waals surface area contributed by atoms with E-state index >= 15 is 0 Å². The Kier molecular flexibility index (Phi) is 3.36. The first-order chi connectivity index (χ1) is 8.36. The molecule has 2 fully saturated rings. The molecule has 2 amide bonds. The predicted octanol–water partition coefficient (Wildman–Crippen LogP) is 0.0837. The molecule has 102 valence electrons. The Labute approximate surface area is 108 Å². The van der Waals surface area contributed by atoms with Crippen molar-refractivity contribution in [1.29, 1.82) is 0 Å². The van der Waals surface area contributed by atoms with Gasteiger partial charge in [0.15, 0.2) is 0 Å². The quantitative estimate of drug-likeness (QED) is 0.743. The predicted molar refractivity (Wildman–Crippen MR) is 68.4 cm³/mol. The van der Waals surface area contributed by atoms with Crippen molar-refractivity contribution < 1.29 is 9.59 Å². The van der Waals surface area contributed by atoms with Crippen molar-refractivity contribution in [3.8, 4) is 0 Å². The van der Waals surface area contributed by atoms with Gasteiger partial charge in [-0.1, -0.05) is 0 Å². The molecule has 5 nitrogen and oxygen atoms in total. The van der Waals surface area contributed by atoms with Crippen LogP contribution >= 0.6 is 0 Å². The number of hydrogen-bond donors (Lipinski definition) is 2. The van der Waals surface area contributed by atoms with Crippen molar-refractivity contribution in [2.75, 3.05) is 13.1 Å². The first-order valence-electron chi connectivity index (χ1n) is 6.70. The molecule has 0 radical (unpaired) electrons. The number of amides is 2. The van der Waals surface area contributed by atoms with Crippen LogP contribution in [0.4, 0.5) is 0 Å². The summed E-state index contributed by atoms with van der Waals surface area (Å²) >= 11 is 0. The Morgan fingerprint density at radius 1 is 1.22 bits per heavy atom. The summed E-state index contributed by atoms with van der Waals surface area (Å²) in [6.45, 7) is 5.76. The average Bonchev–Trinajstić information content (AvgIpc) is 3.09. The molecule has 1 aliphatic carbocycles. The van der Waals surface area contributed by atoms with E-state index in [4.69, 9.17) is 11.5 Å². The zero-order valence-corrected chi connectivity index (χ0v) is 11.2. The molecule has 1 saturated carbocycles. The lowest BCUT2D eigenvalue weighted by atomic mass is 9.77. The molecule has 0 bridgehead atoms. The van der Waals surface area contributed by atoms with Gasteiger partial charge in [-0.3, -0.25) is 14.5 Å². The Hall–Kier alpha value is -1.10. The maximum atomic E-state index is 11.6. The van der Waals surface area contributed by atoms with Gasteiger partial charge in [0, 0.05) is 19.1 Å². The summed E-state index contributed by atoms with van der Waals surface area (Å²) < 4.78 is 0. The highest BCUT2D eigenvalue weighted by Gasteiger charge is 2.56. The largest absolute Gasteiger partial charge is 0.369 e. The summed E-state index contributed by atoms with van der Waals surface area (Å²) in [4.78, 5) is 25.3. The van der Waals surface area contributed by atoms with Crippen molar-refractivity contribution >= 4 is 11.8 Å². The van der Waals surface area contributed by atoms with E-state index in [2.05, 4.69) is 18.7 Å². The molecule has 2 atom stereocenters. The van der Waals surface area contributed by atoms with Gasteiger partial charge in [-0.15, -0.1) is 0 Å². The van der Waals surface area contributed by atoms with E-state index in [1.165, 1.54) is 0 Å². The molecule has 0 aromatic rings. The number of hydrogen-bond acceptors (Lipinski definition) is 3. The third kappa shape index (κ3) is 2.23. The van der Waals surface area contributed by atoms with E-state index in [0.29, 0.717) is 19.0 Å². The fraction of sp³-hybridized carbons (Fsp3) is 0.846. The van der Waals surface area contributed by atoms with Gasteiger partial charge in [-0.2, -0.15) is 0 Å². The molecular weight excluding hydrogens is 230 g/mol. The zero-order valence-electron chi connectivity index (χ0n) is 11.2. The number of carbonyl (C=O) groups is 2. The first-order valence-corrected chi connectivity index (χ1v) is 6.70. The minimum atomic E-state index is -0.360. The molecule has 5 heteroatoms. The molecule has 0 aromatic carbocycles. The van der Waals surface area contributed by atoms with Crippen molar-refractivity contribution in [2.45, 2.75) is 39.2 Å². The van der Waals surface area contributed by atoms with Gasteiger partial charge in [0.05, 0.1) is 11.3 Å². The van der Waals surface area contributed by atoms with Gasteiger partial charge in [0.1, 0.15) is 0 Å². The van der Waals surface area contributed by atoms with Crippen LogP contribution in [0.15, 0.2) is 0 Å². The second-order valence-corrected chi connectivity index (χ2v) is 6.10. The smallest absolute Gasteiger partial charge is 0.223 e. The molecule has 4 N–H and O–H groups in total. The van der Waals surface area contributed by atoms with E-state index in [1.54, 1.807) is 0 Å². The minimum absolute atomic E-state index is 0.150. The lowest BCUT2D eigenvalue weighted by Gasteiger charge is -2.41. The number of rotatable bonds is 4. The van der Waals surface area contributed by atoms with Crippen molar-refractivity contribution in [3.05, 3.63) is 0 Å². The van der Waals surface area contributed by atoms with Crippen LogP contribution in [0.3, 0.4) is 0 Å². The van der Waals surface area contributed by atoms with Crippen LogP contribution in [0.1, 0.15) is 33.1 Å². The lowest BCUT2D eigenvalue weighted by Crippen LogP contribution is -2.51. The number of nitrogens with two attached hydrogens (primary N) is 2. The molecule has 2 unspecified atom stereocenters. The number of nitrogens with zero attached hydrogens (tertiary/aromatic N) is 1. The summed E-state index contributed by atoms with van der Waals surface area (Å²) in [5.41, 5.74) is 10.6. The molecular formula is C13H23N3O2. The second kappa shape index (κ2) is 4.53. The zero-order chi connectivity index (χ0) is 13.5. The van der Waals surface area contributed by atoms with Crippen molar-refractivity contribution in [3.63, 3.8) is 0 Å². The number of carbonyl (C=O) groups excluding carboxylic acids is 2. The van der Waals surface area contributed by atoms with Crippen LogP contribution in [-0.4, -0.2) is 35.8 Å². The molecule has 2 rings (SSSR count). The number of primary amides is 2. The van der Waals surface area contributed by atoms with Crippen LogP contribution in [0.5, 0.6) is 0 Å². The highest BCUT2D eigenvalue weighted by atomic mass is 16.2. The van der Waals surface area contributed by atoms with Crippen LogP contribution in [0.25, 0.3) is 0 Å². The van der Waals surface area contributed by atoms with Crippen LogP contribution in [-0.2, 0) is 9.59 Å². The Morgan fingerprint density at radius 2 is 1.83 bits per heavy atom. The molecule has 2 aliphatic rings. The van der Waals surface area contributed by atoms with E-state index < -0.39 is 0 Å². The van der Waals surface area contributed by atoms with E-state index in [9.17, 15) is 9.59 Å². The third-order valence-corrected chi connectivity index (χ3v) is 4.67. The molecule has 1 heterocycles. The second-order valence-electron chi connectivity index (χ2n) is 6.10. The van der Waals surface area contributed by atoms with Gasteiger partial charge >= 0.3 is 0 Å². The maximum absolute atomic E-state index is 11.6. The third-order valence-electron chi connectivity index (χ3n) is 4.67. The average molecular weight is 253 g/mol. The standard InChI is InChI=1S/C13H23N3O2/c1-8(2)16-6-9(11(14)17)5-10(7-16)13(3-4-13)12(15)18/h8-10H,3-7H2,1-2H3,(H2,14,17)(H2,15,18). The van der Waals surface area contributed by atoms with E-state index in [0.717, 1.165) is 19.4 Å². The first kappa shape index (κ1) is 13.3. The van der Waals surface area contributed by atoms with Crippen LogP contribution in [0, 0.1) is 17.3 Å². The van der Waals surface area contributed by atoms with Crippen molar-refractivity contribution in [1.82, 2.24) is 4.90 Å². The Bertz CT molecular complexity index is 363. The number of likely N-dealkylation sites (tertiary alicyclic amines) is 1. The monoisotopic (exact) mass is 253 g/mol. The lowest BCUT2D eigenvalue weighted by molar-refractivity contribution is -0.130. The summed E-state index contributed by atoms with van der Waals surface area (Å²) in [5.74, 6) is -0.432. The fourth-order valence-electron chi connectivity index (χ4n) is 3.15. The molecule has 18 heavy (non-hydrogen) atoms. The molecule has 0 aromatic heterocycles. The molecule has 0 spiro atoms. The van der Waals surface area contributed by atoms with Gasteiger partial charge in [-0.05, 0) is 39.0 Å². The van der Waals surface area contributed by atoms with Gasteiger partial charge in [0.25, 0.3) is 0 Å². The van der Waals surface area contributed by atoms with E-state index in [-0.39, 0.29) is 29.1 Å². The summed E-state index contributed by atoms with van der Waals surface area (Å²) in [5, 5.41) is 0. The van der Waals surface area contributed by atoms with Crippen LogP contribution < -0.4 is 11.5 Å². The summed E-state index contributed by atoms with van der Waals surface area (Å²) in [6, 6.07) is 0.360. The van der Waals surface area contributed by atoms with Crippen LogP contribution in [0.2, 0.25) is 0 Å². The Balaban J connectivity index is 2.15. The van der Waals surface area contributed by atoms with Gasteiger partial charge in [0.2, 0.25) is 11.8 Å². The normalized spacial score (nSPS) is 31.3.